The second kappa shape index (κ2) is 8.26. The quantitative estimate of drug-likeness (QED) is 0.778. The Morgan fingerprint density at radius 1 is 1.15 bits per heavy atom. The van der Waals surface area contributed by atoms with E-state index in [-0.39, 0.29) is 5.69 Å². The molecule has 1 amide bonds. The molecule has 0 fully saturated rings. The molecule has 9 heteroatoms. The van der Waals surface area contributed by atoms with Crippen LogP contribution in [0.25, 0.3) is 0 Å². The van der Waals surface area contributed by atoms with Crippen LogP contribution in [-0.4, -0.2) is 40.8 Å². The molecule has 1 atom stereocenters. The lowest BCUT2D eigenvalue weighted by atomic mass is 10.2. The van der Waals surface area contributed by atoms with Crippen LogP contribution in [0.1, 0.15) is 6.92 Å². The van der Waals surface area contributed by atoms with Gasteiger partial charge in [0.2, 0.25) is 15.9 Å². The summed E-state index contributed by atoms with van der Waals surface area (Å²) >= 11 is 0. The van der Waals surface area contributed by atoms with Crippen molar-refractivity contribution in [2.75, 3.05) is 30.1 Å². The smallest absolute Gasteiger partial charge is 0.248 e. The van der Waals surface area contributed by atoms with Crippen molar-refractivity contribution in [2.45, 2.75) is 13.0 Å². The highest BCUT2D eigenvalue weighted by atomic mass is 32.2. The van der Waals surface area contributed by atoms with Gasteiger partial charge in [0.1, 0.15) is 23.4 Å². The zero-order valence-electron chi connectivity index (χ0n) is 15.4. The van der Waals surface area contributed by atoms with Gasteiger partial charge in [-0.3, -0.25) is 9.10 Å². The largest absolute Gasteiger partial charge is 0.497 e. The highest BCUT2D eigenvalue weighted by Gasteiger charge is 2.31. The summed E-state index contributed by atoms with van der Waals surface area (Å²) in [7, 11) is -1.02. The van der Waals surface area contributed by atoms with Crippen LogP contribution < -0.4 is 19.1 Å². The molecule has 1 unspecified atom stereocenters. The van der Waals surface area contributed by atoms with Crippen LogP contribution in [0.2, 0.25) is 0 Å². The van der Waals surface area contributed by atoms with Crippen LogP contribution in [0.5, 0.6) is 11.5 Å². The number of benzene rings is 2. The number of sulfonamides is 1. The number of nitrogens with zero attached hydrogens (tertiary/aromatic N) is 1. The Morgan fingerprint density at radius 2 is 1.81 bits per heavy atom. The Kier molecular flexibility index (Phi) is 6.27. The molecule has 0 spiro atoms. The van der Waals surface area contributed by atoms with E-state index in [4.69, 9.17) is 9.47 Å². The van der Waals surface area contributed by atoms with Crippen molar-refractivity contribution < 1.29 is 27.1 Å². The van der Waals surface area contributed by atoms with Crippen LogP contribution in [0.15, 0.2) is 42.5 Å². The van der Waals surface area contributed by atoms with Gasteiger partial charge >= 0.3 is 0 Å². The van der Waals surface area contributed by atoms with E-state index >= 15 is 0 Å². The summed E-state index contributed by atoms with van der Waals surface area (Å²) in [6.07, 6.45) is 0.912. The number of para-hydroxylation sites is 1. The van der Waals surface area contributed by atoms with Gasteiger partial charge in [-0.25, -0.2) is 12.8 Å². The van der Waals surface area contributed by atoms with Crippen molar-refractivity contribution in [3.63, 3.8) is 0 Å². The van der Waals surface area contributed by atoms with Gasteiger partial charge in [-0.05, 0) is 31.2 Å². The summed E-state index contributed by atoms with van der Waals surface area (Å²) in [6.45, 7) is 1.37. The fourth-order valence-corrected chi connectivity index (χ4v) is 3.74. The van der Waals surface area contributed by atoms with E-state index in [0.717, 1.165) is 16.6 Å². The number of ether oxygens (including phenoxy) is 2. The predicted molar refractivity (Wildman–Crippen MR) is 101 cm³/mol. The summed E-state index contributed by atoms with van der Waals surface area (Å²) in [5, 5.41) is 2.61. The third-order valence-electron chi connectivity index (χ3n) is 3.84. The highest BCUT2D eigenvalue weighted by molar-refractivity contribution is 7.92. The molecular formula is C18H21FN2O5S. The van der Waals surface area contributed by atoms with E-state index in [1.54, 1.807) is 12.1 Å². The lowest BCUT2D eigenvalue weighted by Crippen LogP contribution is -2.45. The highest BCUT2D eigenvalue weighted by Crippen LogP contribution is 2.30. The average molecular weight is 396 g/mol. The van der Waals surface area contributed by atoms with Crippen LogP contribution in [0, 0.1) is 5.82 Å². The van der Waals surface area contributed by atoms with Gasteiger partial charge in [-0.1, -0.05) is 12.1 Å². The molecule has 2 aromatic rings. The molecular weight excluding hydrogens is 375 g/mol. The first kappa shape index (κ1) is 20.5. The Hall–Kier alpha value is -2.81. The minimum Gasteiger partial charge on any atom is -0.497 e. The molecule has 2 rings (SSSR count). The fraction of sp³-hybridized carbons (Fsp3) is 0.278. The Balaban J connectivity index is 2.38. The van der Waals surface area contributed by atoms with Gasteiger partial charge in [0, 0.05) is 6.07 Å². The number of hydrogen-bond acceptors (Lipinski definition) is 5. The van der Waals surface area contributed by atoms with Crippen LogP contribution >= 0.6 is 0 Å². The Labute approximate surface area is 157 Å². The standard InChI is InChI=1S/C18H21FN2O5S/c1-12(21(27(4,23)24)16-8-6-5-7-14(16)19)18(22)20-15-11-13(25-2)9-10-17(15)26-3/h5-12H,1-4H3,(H,20,22). The zero-order valence-corrected chi connectivity index (χ0v) is 16.2. The van der Waals surface area contributed by atoms with E-state index < -0.39 is 27.8 Å². The molecule has 0 heterocycles. The molecule has 1 N–H and O–H groups in total. The van der Waals surface area contributed by atoms with Crippen molar-refractivity contribution in [3.05, 3.63) is 48.3 Å². The number of halogens is 1. The molecule has 27 heavy (non-hydrogen) atoms. The molecule has 0 radical (unpaired) electrons. The SMILES string of the molecule is COc1ccc(OC)c(NC(=O)C(C)N(c2ccccc2F)S(C)(=O)=O)c1. The Morgan fingerprint density at radius 3 is 2.37 bits per heavy atom. The first-order valence-corrected chi connectivity index (χ1v) is 9.80. The van der Waals surface area contributed by atoms with Crippen molar-refractivity contribution in [1.29, 1.82) is 0 Å². The minimum atomic E-state index is -3.93. The minimum absolute atomic E-state index is 0.208. The molecule has 0 saturated carbocycles. The number of nitrogens with one attached hydrogen (secondary N) is 1. The van der Waals surface area contributed by atoms with E-state index in [1.807, 2.05) is 0 Å². The maximum absolute atomic E-state index is 14.2. The summed E-state index contributed by atoms with van der Waals surface area (Å²) in [5.41, 5.74) is 0.0935. The van der Waals surface area contributed by atoms with Gasteiger partial charge in [0.05, 0.1) is 31.9 Å². The van der Waals surface area contributed by atoms with E-state index in [1.165, 1.54) is 45.4 Å². The lowest BCUT2D eigenvalue weighted by Gasteiger charge is -2.28. The van der Waals surface area contributed by atoms with E-state index in [0.29, 0.717) is 17.2 Å². The predicted octanol–water partition coefficient (Wildman–Crippen LogP) is 2.64. The fourth-order valence-electron chi connectivity index (χ4n) is 2.56. The summed E-state index contributed by atoms with van der Waals surface area (Å²) in [5.74, 6) is -0.558. The van der Waals surface area contributed by atoms with Gasteiger partial charge < -0.3 is 14.8 Å². The van der Waals surface area contributed by atoms with E-state index in [9.17, 15) is 17.6 Å². The first-order valence-electron chi connectivity index (χ1n) is 7.96. The maximum atomic E-state index is 14.2. The monoisotopic (exact) mass is 396 g/mol. The molecule has 146 valence electrons. The number of hydrogen-bond donors (Lipinski definition) is 1. The lowest BCUT2D eigenvalue weighted by molar-refractivity contribution is -0.116. The molecule has 2 aromatic carbocycles. The second-order valence-corrected chi connectivity index (χ2v) is 7.60. The summed E-state index contributed by atoms with van der Waals surface area (Å²) < 4.78 is 49.7. The first-order chi connectivity index (χ1) is 12.7. The van der Waals surface area contributed by atoms with Gasteiger partial charge in [-0.2, -0.15) is 0 Å². The third-order valence-corrected chi connectivity index (χ3v) is 5.07. The molecule has 7 nitrogen and oxygen atoms in total. The summed E-state index contributed by atoms with van der Waals surface area (Å²) in [4.78, 5) is 12.7. The van der Waals surface area contributed by atoms with Crippen molar-refractivity contribution in [2.24, 2.45) is 0 Å². The molecule has 0 aliphatic heterocycles. The van der Waals surface area contributed by atoms with E-state index in [2.05, 4.69) is 5.32 Å². The summed E-state index contributed by atoms with van der Waals surface area (Å²) in [6, 6.07) is 8.93. The molecule has 0 aliphatic rings. The zero-order chi connectivity index (χ0) is 20.2. The average Bonchev–Trinajstić information content (AvgIpc) is 2.62. The topological polar surface area (TPSA) is 84.9 Å². The molecule has 0 saturated heterocycles. The third kappa shape index (κ3) is 4.68. The van der Waals surface area contributed by atoms with Crippen LogP contribution in [0.4, 0.5) is 15.8 Å². The molecule has 0 bridgehead atoms. The van der Waals surface area contributed by atoms with Crippen LogP contribution in [-0.2, 0) is 14.8 Å². The van der Waals surface area contributed by atoms with Crippen molar-refractivity contribution >= 4 is 27.3 Å². The number of carbonyl (C=O) groups excluding carboxylic acids is 1. The molecule has 0 aromatic heterocycles. The second-order valence-electron chi connectivity index (χ2n) is 5.74. The van der Waals surface area contributed by atoms with Crippen molar-refractivity contribution in [1.82, 2.24) is 0 Å². The molecule has 0 aliphatic carbocycles. The van der Waals surface area contributed by atoms with Crippen LogP contribution in [0.3, 0.4) is 0 Å². The normalized spacial score (nSPS) is 12.2. The number of methoxy groups -OCH3 is 2. The number of carbonyl (C=O) groups is 1. The number of anilines is 2. The number of amides is 1. The maximum Gasteiger partial charge on any atom is 0.248 e. The van der Waals surface area contributed by atoms with Crippen molar-refractivity contribution in [3.8, 4) is 11.5 Å². The van der Waals surface area contributed by atoms with Gasteiger partial charge in [-0.15, -0.1) is 0 Å². The van der Waals surface area contributed by atoms with Gasteiger partial charge in [0.15, 0.2) is 0 Å². The Bertz CT molecular complexity index is 933. The van der Waals surface area contributed by atoms with Gasteiger partial charge in [0.25, 0.3) is 0 Å². The number of rotatable bonds is 7.